The van der Waals surface area contributed by atoms with Gasteiger partial charge in [0, 0.05) is 21.7 Å². The van der Waals surface area contributed by atoms with Crippen LogP contribution >= 0.6 is 15.9 Å². The largest absolute Gasteiger partial charge is 0.475 e. The van der Waals surface area contributed by atoms with Crippen LogP contribution in [-0.2, 0) is 11.3 Å². The van der Waals surface area contributed by atoms with E-state index in [9.17, 15) is 10.1 Å². The van der Waals surface area contributed by atoms with E-state index in [1.807, 2.05) is 6.07 Å². The molecule has 1 aliphatic rings. The molecule has 0 spiro atoms. The Morgan fingerprint density at radius 1 is 1.48 bits per heavy atom. The maximum atomic E-state index is 10.7. The van der Waals surface area contributed by atoms with Gasteiger partial charge in [-0.3, -0.25) is 4.57 Å². The minimum Gasteiger partial charge on any atom is -0.475 e. The van der Waals surface area contributed by atoms with Gasteiger partial charge < -0.3 is 24.3 Å². The van der Waals surface area contributed by atoms with Gasteiger partial charge in [0.1, 0.15) is 25.5 Å². The van der Waals surface area contributed by atoms with Crippen molar-refractivity contribution in [1.82, 2.24) is 14.5 Å². The van der Waals surface area contributed by atoms with Crippen LogP contribution in [0.5, 0.6) is 11.9 Å². The molecule has 0 aliphatic carbocycles. The van der Waals surface area contributed by atoms with Gasteiger partial charge in [0.2, 0.25) is 5.88 Å². The molecule has 0 radical (unpaired) electrons. The SMILES string of the molecule is O=[N+]([O-])c1cn2c(n1)OC[C@@H](OCCOc1ccc(Br)cn1)C2. The maximum Gasteiger partial charge on any atom is 0.414 e. The number of fused-ring (bicyclic) bond motifs is 1. The third kappa shape index (κ3) is 3.96. The molecule has 2 aromatic rings. The molecule has 23 heavy (non-hydrogen) atoms. The van der Waals surface area contributed by atoms with E-state index in [4.69, 9.17) is 14.2 Å². The number of pyridine rings is 1. The zero-order valence-corrected chi connectivity index (χ0v) is 13.5. The fourth-order valence-corrected chi connectivity index (χ4v) is 2.30. The minimum absolute atomic E-state index is 0.210. The summed E-state index contributed by atoms with van der Waals surface area (Å²) in [7, 11) is 0. The third-order valence-corrected chi connectivity index (χ3v) is 3.57. The summed E-state index contributed by atoms with van der Waals surface area (Å²) in [4.78, 5) is 18.0. The van der Waals surface area contributed by atoms with Crippen molar-refractivity contribution in [2.45, 2.75) is 12.6 Å². The molecule has 1 aliphatic heterocycles. The van der Waals surface area contributed by atoms with Gasteiger partial charge in [-0.25, -0.2) is 4.98 Å². The summed E-state index contributed by atoms with van der Waals surface area (Å²) < 4.78 is 18.9. The molecule has 122 valence electrons. The predicted molar refractivity (Wildman–Crippen MR) is 81.5 cm³/mol. The van der Waals surface area contributed by atoms with Crippen LogP contribution in [0.2, 0.25) is 0 Å². The van der Waals surface area contributed by atoms with Crippen LogP contribution < -0.4 is 9.47 Å². The highest BCUT2D eigenvalue weighted by atomic mass is 79.9. The lowest BCUT2D eigenvalue weighted by Crippen LogP contribution is -2.33. The topological polar surface area (TPSA) is 102 Å². The summed E-state index contributed by atoms with van der Waals surface area (Å²) in [6.45, 7) is 1.46. The summed E-state index contributed by atoms with van der Waals surface area (Å²) in [5, 5.41) is 10.7. The third-order valence-electron chi connectivity index (χ3n) is 3.10. The van der Waals surface area contributed by atoms with Gasteiger partial charge in [0.25, 0.3) is 0 Å². The molecular weight excluding hydrogens is 372 g/mol. The van der Waals surface area contributed by atoms with Crippen molar-refractivity contribution in [3.63, 3.8) is 0 Å². The van der Waals surface area contributed by atoms with Gasteiger partial charge in [-0.2, -0.15) is 0 Å². The molecule has 2 aromatic heterocycles. The standard InChI is InChI=1S/C13H13BrN4O5/c14-9-1-2-12(15-5-9)22-4-3-21-10-6-17-7-11(18(19)20)16-13(17)23-8-10/h1-2,5,7,10H,3-4,6,8H2/t10-/m0/s1. The molecule has 0 bridgehead atoms. The van der Waals surface area contributed by atoms with E-state index in [-0.39, 0.29) is 17.9 Å². The van der Waals surface area contributed by atoms with Crippen LogP contribution in [0.4, 0.5) is 5.82 Å². The highest BCUT2D eigenvalue weighted by molar-refractivity contribution is 9.10. The van der Waals surface area contributed by atoms with Gasteiger partial charge in [0.05, 0.1) is 13.2 Å². The van der Waals surface area contributed by atoms with E-state index in [1.165, 1.54) is 6.20 Å². The lowest BCUT2D eigenvalue weighted by molar-refractivity contribution is -0.389. The van der Waals surface area contributed by atoms with Crippen molar-refractivity contribution < 1.29 is 19.1 Å². The predicted octanol–water partition coefficient (Wildman–Crippen LogP) is 1.81. The monoisotopic (exact) mass is 384 g/mol. The molecule has 1 atom stereocenters. The fourth-order valence-electron chi connectivity index (χ4n) is 2.07. The van der Waals surface area contributed by atoms with E-state index in [2.05, 4.69) is 25.9 Å². The van der Waals surface area contributed by atoms with Crippen LogP contribution in [0.25, 0.3) is 0 Å². The molecule has 9 nitrogen and oxygen atoms in total. The number of aromatic nitrogens is 3. The average Bonchev–Trinajstić information content (AvgIpc) is 2.97. The van der Waals surface area contributed by atoms with E-state index >= 15 is 0 Å². The first-order valence-corrected chi connectivity index (χ1v) is 7.61. The van der Waals surface area contributed by atoms with Crippen LogP contribution in [0.3, 0.4) is 0 Å². The normalized spacial score (nSPS) is 16.5. The maximum absolute atomic E-state index is 10.7. The second-order valence-electron chi connectivity index (χ2n) is 4.76. The molecule has 0 unspecified atom stereocenters. The number of rotatable bonds is 6. The van der Waals surface area contributed by atoms with Crippen molar-refractivity contribution in [2.24, 2.45) is 0 Å². The molecule has 0 fully saturated rings. The van der Waals surface area contributed by atoms with Crippen LogP contribution in [0, 0.1) is 10.1 Å². The highest BCUT2D eigenvalue weighted by Crippen LogP contribution is 2.22. The van der Waals surface area contributed by atoms with Gasteiger partial charge in [-0.1, -0.05) is 0 Å². The molecular formula is C13H13BrN4O5. The quantitative estimate of drug-likeness (QED) is 0.425. The van der Waals surface area contributed by atoms with Crippen molar-refractivity contribution in [3.8, 4) is 11.9 Å². The number of ether oxygens (including phenoxy) is 3. The number of halogens is 1. The molecule has 0 N–H and O–H groups in total. The number of hydrogen-bond acceptors (Lipinski definition) is 7. The Bertz CT molecular complexity index is 690. The first-order valence-electron chi connectivity index (χ1n) is 6.82. The van der Waals surface area contributed by atoms with Gasteiger partial charge in [0.15, 0.2) is 0 Å². The summed E-state index contributed by atoms with van der Waals surface area (Å²) >= 11 is 3.30. The Morgan fingerprint density at radius 2 is 2.35 bits per heavy atom. The number of imidazole rings is 1. The number of nitro groups is 1. The van der Waals surface area contributed by atoms with Crippen LogP contribution in [0.1, 0.15) is 0 Å². The highest BCUT2D eigenvalue weighted by Gasteiger charge is 2.28. The second kappa shape index (κ2) is 6.92. The summed E-state index contributed by atoms with van der Waals surface area (Å²) in [5.41, 5.74) is 0. The fraction of sp³-hybridized carbons (Fsp3) is 0.385. The van der Waals surface area contributed by atoms with Crippen molar-refractivity contribution in [3.05, 3.63) is 39.1 Å². The Hall–Kier alpha value is -2.20. The van der Waals surface area contributed by atoms with E-state index in [0.717, 1.165) is 4.47 Å². The molecule has 3 heterocycles. The number of nitrogens with zero attached hydrogens (tertiary/aromatic N) is 4. The first kappa shape index (κ1) is 15.7. The Balaban J connectivity index is 1.44. The van der Waals surface area contributed by atoms with E-state index in [0.29, 0.717) is 32.2 Å². The summed E-state index contributed by atoms with van der Waals surface area (Å²) in [6, 6.07) is 3.84. The smallest absolute Gasteiger partial charge is 0.414 e. The average molecular weight is 385 g/mol. The van der Waals surface area contributed by atoms with E-state index < -0.39 is 4.92 Å². The Labute approximate surface area is 139 Å². The number of hydrogen-bond donors (Lipinski definition) is 0. The van der Waals surface area contributed by atoms with Crippen molar-refractivity contribution in [1.29, 1.82) is 0 Å². The molecule has 3 rings (SSSR count). The second-order valence-corrected chi connectivity index (χ2v) is 5.67. The van der Waals surface area contributed by atoms with Gasteiger partial charge >= 0.3 is 11.8 Å². The zero-order valence-electron chi connectivity index (χ0n) is 11.9. The summed E-state index contributed by atoms with van der Waals surface area (Å²) in [5.74, 6) is 0.287. The molecule has 0 amide bonds. The minimum atomic E-state index is -0.552. The Morgan fingerprint density at radius 3 is 3.09 bits per heavy atom. The summed E-state index contributed by atoms with van der Waals surface area (Å²) in [6.07, 6.45) is 2.78. The van der Waals surface area contributed by atoms with Gasteiger partial charge in [-0.05, 0) is 26.9 Å². The lowest BCUT2D eigenvalue weighted by atomic mass is 10.3. The first-order chi connectivity index (χ1) is 11.1. The van der Waals surface area contributed by atoms with Crippen LogP contribution in [0.15, 0.2) is 29.0 Å². The van der Waals surface area contributed by atoms with Gasteiger partial charge in [-0.15, -0.1) is 0 Å². The van der Waals surface area contributed by atoms with Crippen molar-refractivity contribution in [2.75, 3.05) is 19.8 Å². The van der Waals surface area contributed by atoms with Crippen molar-refractivity contribution >= 4 is 21.7 Å². The lowest BCUT2D eigenvalue weighted by Gasteiger charge is -2.22. The zero-order chi connectivity index (χ0) is 16.2. The Kier molecular flexibility index (Phi) is 4.72. The molecule has 10 heteroatoms. The molecule has 0 saturated heterocycles. The van der Waals surface area contributed by atoms with Crippen LogP contribution in [-0.4, -0.2) is 45.4 Å². The van der Waals surface area contributed by atoms with E-state index in [1.54, 1.807) is 16.8 Å². The molecule has 0 saturated carbocycles. The molecule has 0 aromatic carbocycles.